The minimum absolute atomic E-state index is 0.00473. The van der Waals surface area contributed by atoms with Gasteiger partial charge in [-0.05, 0) is 28.8 Å². The van der Waals surface area contributed by atoms with Crippen LogP contribution in [0, 0.1) is 0 Å². The van der Waals surface area contributed by atoms with Gasteiger partial charge in [0.25, 0.3) is 0 Å². The topological polar surface area (TPSA) is 20.2 Å². The number of hydrogen-bond donors (Lipinski definition) is 1. The van der Waals surface area contributed by atoms with Crippen molar-refractivity contribution in [2.45, 2.75) is 0 Å². The largest absolute Gasteiger partial charge is 0.392 e. The molecule has 0 bridgehead atoms. The van der Waals surface area contributed by atoms with E-state index in [0.29, 0.717) is 5.02 Å². The lowest BCUT2D eigenvalue weighted by Gasteiger charge is -2.05. The summed E-state index contributed by atoms with van der Waals surface area (Å²) in [5.41, 5.74) is 2.79. The molecule has 0 atom stereocenters. The van der Waals surface area contributed by atoms with Crippen LogP contribution in [0.5, 0.6) is 0 Å². The SMILES string of the molecule is OC/C(=C/c1ccccc1Cl)c1ccccc1. The Morgan fingerprint density at radius 1 is 1.00 bits per heavy atom. The Kier molecular flexibility index (Phi) is 3.97. The highest BCUT2D eigenvalue weighted by Crippen LogP contribution is 2.22. The van der Waals surface area contributed by atoms with Gasteiger partial charge in [0.2, 0.25) is 0 Å². The smallest absolute Gasteiger partial charge is 0.0687 e. The zero-order valence-electron chi connectivity index (χ0n) is 9.31. The number of benzene rings is 2. The van der Waals surface area contributed by atoms with Crippen molar-refractivity contribution in [2.24, 2.45) is 0 Å². The molecule has 17 heavy (non-hydrogen) atoms. The zero-order valence-corrected chi connectivity index (χ0v) is 10.1. The van der Waals surface area contributed by atoms with Gasteiger partial charge in [0, 0.05) is 5.02 Å². The van der Waals surface area contributed by atoms with E-state index in [0.717, 1.165) is 16.7 Å². The second-order valence-corrected chi connectivity index (χ2v) is 4.12. The molecule has 0 aliphatic carbocycles. The fraction of sp³-hybridized carbons (Fsp3) is 0.0667. The molecule has 0 aliphatic rings. The average Bonchev–Trinajstić information content (AvgIpc) is 2.39. The van der Waals surface area contributed by atoms with Crippen LogP contribution in [0.15, 0.2) is 54.6 Å². The second kappa shape index (κ2) is 5.67. The van der Waals surface area contributed by atoms with Crippen LogP contribution < -0.4 is 0 Å². The van der Waals surface area contributed by atoms with Gasteiger partial charge in [0.1, 0.15) is 0 Å². The van der Waals surface area contributed by atoms with Crippen molar-refractivity contribution in [3.8, 4) is 0 Å². The highest BCUT2D eigenvalue weighted by Gasteiger charge is 2.01. The lowest BCUT2D eigenvalue weighted by atomic mass is 10.0. The van der Waals surface area contributed by atoms with Crippen molar-refractivity contribution < 1.29 is 5.11 Å². The summed E-state index contributed by atoms with van der Waals surface area (Å²) in [6, 6.07) is 17.4. The van der Waals surface area contributed by atoms with Crippen LogP contribution in [-0.2, 0) is 0 Å². The van der Waals surface area contributed by atoms with Gasteiger partial charge in [-0.25, -0.2) is 0 Å². The predicted octanol–water partition coefficient (Wildman–Crippen LogP) is 3.87. The van der Waals surface area contributed by atoms with Crippen LogP contribution in [0.2, 0.25) is 5.02 Å². The third kappa shape index (κ3) is 2.96. The lowest BCUT2D eigenvalue weighted by Crippen LogP contribution is -1.90. The molecule has 0 fully saturated rings. The maximum absolute atomic E-state index is 9.42. The number of rotatable bonds is 3. The molecule has 0 amide bonds. The van der Waals surface area contributed by atoms with E-state index in [9.17, 15) is 5.11 Å². The number of halogens is 1. The Morgan fingerprint density at radius 3 is 2.29 bits per heavy atom. The van der Waals surface area contributed by atoms with Crippen LogP contribution in [0.25, 0.3) is 11.6 Å². The van der Waals surface area contributed by atoms with Crippen molar-refractivity contribution in [2.75, 3.05) is 6.61 Å². The highest BCUT2D eigenvalue weighted by atomic mass is 35.5. The van der Waals surface area contributed by atoms with Gasteiger partial charge < -0.3 is 5.11 Å². The maximum atomic E-state index is 9.42. The molecule has 2 rings (SSSR count). The summed E-state index contributed by atoms with van der Waals surface area (Å²) in [6.45, 7) is -0.00473. The van der Waals surface area contributed by atoms with Crippen molar-refractivity contribution in [1.82, 2.24) is 0 Å². The first-order chi connectivity index (χ1) is 8.31. The van der Waals surface area contributed by atoms with E-state index >= 15 is 0 Å². The molecule has 86 valence electrons. The van der Waals surface area contributed by atoms with E-state index in [4.69, 9.17) is 11.6 Å². The Morgan fingerprint density at radius 2 is 1.65 bits per heavy atom. The molecule has 2 heteroatoms. The molecule has 1 N–H and O–H groups in total. The normalized spacial score (nSPS) is 11.5. The van der Waals surface area contributed by atoms with E-state index in [-0.39, 0.29) is 6.61 Å². The third-order valence-electron chi connectivity index (χ3n) is 2.55. The van der Waals surface area contributed by atoms with Gasteiger partial charge in [0.15, 0.2) is 0 Å². The fourth-order valence-electron chi connectivity index (χ4n) is 1.65. The van der Waals surface area contributed by atoms with Crippen molar-refractivity contribution in [3.05, 3.63) is 70.7 Å². The van der Waals surface area contributed by atoms with Crippen LogP contribution in [0.3, 0.4) is 0 Å². The minimum Gasteiger partial charge on any atom is -0.392 e. The van der Waals surface area contributed by atoms with E-state index in [2.05, 4.69) is 0 Å². The Bertz CT molecular complexity index is 517. The van der Waals surface area contributed by atoms with Gasteiger partial charge >= 0.3 is 0 Å². The molecule has 0 radical (unpaired) electrons. The lowest BCUT2D eigenvalue weighted by molar-refractivity contribution is 0.351. The number of aliphatic hydroxyl groups is 1. The summed E-state index contributed by atoms with van der Waals surface area (Å²) < 4.78 is 0. The molecule has 0 heterocycles. The average molecular weight is 245 g/mol. The Hall–Kier alpha value is -1.57. The van der Waals surface area contributed by atoms with Gasteiger partial charge in [-0.15, -0.1) is 0 Å². The molecule has 0 unspecified atom stereocenters. The molecule has 0 saturated heterocycles. The third-order valence-corrected chi connectivity index (χ3v) is 2.89. The van der Waals surface area contributed by atoms with E-state index in [1.165, 1.54) is 0 Å². The summed E-state index contributed by atoms with van der Waals surface area (Å²) in [6.07, 6.45) is 1.91. The van der Waals surface area contributed by atoms with Gasteiger partial charge in [-0.3, -0.25) is 0 Å². The van der Waals surface area contributed by atoms with E-state index < -0.39 is 0 Å². The second-order valence-electron chi connectivity index (χ2n) is 3.72. The molecule has 1 nitrogen and oxygen atoms in total. The minimum atomic E-state index is -0.00473. The van der Waals surface area contributed by atoms with Crippen molar-refractivity contribution >= 4 is 23.3 Å². The predicted molar refractivity (Wildman–Crippen MR) is 72.9 cm³/mol. The van der Waals surface area contributed by atoms with Gasteiger partial charge in [0.05, 0.1) is 6.61 Å². The first kappa shape index (κ1) is 11.9. The fourth-order valence-corrected chi connectivity index (χ4v) is 1.84. The number of hydrogen-bond acceptors (Lipinski definition) is 1. The summed E-state index contributed by atoms with van der Waals surface area (Å²) in [4.78, 5) is 0. The molecule has 0 spiro atoms. The quantitative estimate of drug-likeness (QED) is 0.813. The summed E-state index contributed by atoms with van der Waals surface area (Å²) >= 11 is 6.09. The molecule has 2 aromatic carbocycles. The van der Waals surface area contributed by atoms with Crippen molar-refractivity contribution in [3.63, 3.8) is 0 Å². The highest BCUT2D eigenvalue weighted by molar-refractivity contribution is 6.32. The molecule has 0 aromatic heterocycles. The van der Waals surface area contributed by atoms with Gasteiger partial charge in [-0.1, -0.05) is 60.1 Å². The van der Waals surface area contributed by atoms with Crippen LogP contribution in [0.1, 0.15) is 11.1 Å². The number of aliphatic hydroxyl groups excluding tert-OH is 1. The summed E-state index contributed by atoms with van der Waals surface area (Å²) in [5, 5.41) is 10.1. The van der Waals surface area contributed by atoms with Gasteiger partial charge in [-0.2, -0.15) is 0 Å². The van der Waals surface area contributed by atoms with Crippen LogP contribution in [0.4, 0.5) is 0 Å². The van der Waals surface area contributed by atoms with E-state index in [1.807, 2.05) is 60.7 Å². The molecule has 0 aliphatic heterocycles. The van der Waals surface area contributed by atoms with E-state index in [1.54, 1.807) is 0 Å². The summed E-state index contributed by atoms with van der Waals surface area (Å²) in [7, 11) is 0. The Labute approximate surface area is 106 Å². The maximum Gasteiger partial charge on any atom is 0.0687 e. The summed E-state index contributed by atoms with van der Waals surface area (Å²) in [5.74, 6) is 0. The first-order valence-corrected chi connectivity index (χ1v) is 5.80. The van der Waals surface area contributed by atoms with Crippen molar-refractivity contribution in [1.29, 1.82) is 0 Å². The molecule has 0 saturated carbocycles. The zero-order chi connectivity index (χ0) is 12.1. The van der Waals surface area contributed by atoms with Crippen LogP contribution >= 0.6 is 11.6 Å². The molecular weight excluding hydrogens is 232 g/mol. The first-order valence-electron chi connectivity index (χ1n) is 5.42. The molecular formula is C15H13ClO. The standard InChI is InChI=1S/C15H13ClO/c16-15-9-5-4-8-13(15)10-14(11-17)12-6-2-1-3-7-12/h1-10,17H,11H2/b14-10-. The van der Waals surface area contributed by atoms with Crippen LogP contribution in [-0.4, -0.2) is 11.7 Å². The molecule has 2 aromatic rings. The monoisotopic (exact) mass is 244 g/mol. The Balaban J connectivity index is 2.40.